The smallest absolute Gasteiger partial charge is 0.118 e. The lowest BCUT2D eigenvalue weighted by atomic mass is 10.1. The molecule has 9 nitrogen and oxygen atoms in total. The third-order valence-corrected chi connectivity index (χ3v) is 10.4. The number of nitrogens with one attached hydrogen (secondary N) is 1. The van der Waals surface area contributed by atoms with Gasteiger partial charge < -0.3 is 29.8 Å². The largest absolute Gasteiger partial charge is 0.497 e. The van der Waals surface area contributed by atoms with Crippen LogP contribution in [0.15, 0.2) is 137 Å². The summed E-state index contributed by atoms with van der Waals surface area (Å²) in [6.07, 6.45) is 5.29. The summed E-state index contributed by atoms with van der Waals surface area (Å²) in [6.45, 7) is 2.73. The van der Waals surface area contributed by atoms with E-state index in [-0.39, 0.29) is 0 Å². The first kappa shape index (κ1) is 38.8. The number of rotatable bonds is 13. The number of nitrogens with zero attached hydrogens (tertiary/aromatic N) is 4. The van der Waals surface area contributed by atoms with E-state index in [1.165, 1.54) is 11.1 Å². The van der Waals surface area contributed by atoms with E-state index in [2.05, 4.69) is 94.2 Å². The van der Waals surface area contributed by atoms with Crippen LogP contribution >= 0.6 is 31.9 Å². The third-order valence-electron chi connectivity index (χ3n) is 9.40. The first-order valence-corrected chi connectivity index (χ1v) is 19.9. The van der Waals surface area contributed by atoms with Crippen LogP contribution in [0.3, 0.4) is 0 Å². The van der Waals surface area contributed by atoms with Crippen LogP contribution in [0.1, 0.15) is 28.9 Å². The Morgan fingerprint density at radius 2 is 1.30 bits per heavy atom. The van der Waals surface area contributed by atoms with Crippen LogP contribution < -0.4 is 20.5 Å². The van der Waals surface area contributed by atoms with Gasteiger partial charge in [-0.1, -0.05) is 86.5 Å². The van der Waals surface area contributed by atoms with E-state index in [1.54, 1.807) is 20.4 Å². The van der Waals surface area contributed by atoms with Crippen molar-refractivity contribution >= 4 is 76.1 Å². The van der Waals surface area contributed by atoms with Crippen LogP contribution in [0, 0.1) is 0 Å². The number of halogens is 2. The van der Waals surface area contributed by atoms with Gasteiger partial charge in [0.1, 0.15) is 22.8 Å². The lowest BCUT2D eigenvalue weighted by Crippen LogP contribution is -2.07. The van der Waals surface area contributed by atoms with Crippen molar-refractivity contribution in [1.82, 2.24) is 19.5 Å². The molecule has 11 heteroatoms. The maximum Gasteiger partial charge on any atom is 0.118 e. The van der Waals surface area contributed by atoms with E-state index in [1.807, 2.05) is 79.0 Å². The highest BCUT2D eigenvalue weighted by Gasteiger charge is 2.15. The fourth-order valence-corrected chi connectivity index (χ4v) is 7.22. The minimum absolute atomic E-state index is 0.631. The number of aromatic nitrogens is 4. The van der Waals surface area contributed by atoms with Gasteiger partial charge in [0.2, 0.25) is 0 Å². The monoisotopic (exact) mass is 872 g/mol. The summed E-state index contributed by atoms with van der Waals surface area (Å²) < 4.78 is 20.8. The minimum atomic E-state index is 0.631. The number of nitrogens with two attached hydrogens (primary N) is 1. The first-order chi connectivity index (χ1) is 27.4. The maximum absolute atomic E-state index is 6.08. The van der Waals surface area contributed by atoms with E-state index < -0.39 is 0 Å². The van der Waals surface area contributed by atoms with Crippen LogP contribution in [0.25, 0.3) is 32.8 Å². The molecule has 0 amide bonds. The van der Waals surface area contributed by atoms with E-state index in [9.17, 15) is 0 Å². The fraction of sp³-hybridized carbons (Fsp3) is 0.178. The predicted octanol–water partition coefficient (Wildman–Crippen LogP) is 10.8. The van der Waals surface area contributed by atoms with Gasteiger partial charge in [0.15, 0.2) is 0 Å². The van der Waals surface area contributed by atoms with Gasteiger partial charge in [0.25, 0.3) is 0 Å². The Morgan fingerprint density at radius 1 is 0.679 bits per heavy atom. The van der Waals surface area contributed by atoms with Gasteiger partial charge in [0, 0.05) is 45.8 Å². The summed E-state index contributed by atoms with van der Waals surface area (Å²) >= 11 is 7.03. The molecule has 3 N–H and O–H groups in total. The van der Waals surface area contributed by atoms with Crippen molar-refractivity contribution in [3.8, 4) is 11.5 Å². The quantitative estimate of drug-likeness (QED) is 0.110. The molecule has 0 saturated heterocycles. The number of nitrogen functional groups attached to an aromatic ring is 1. The maximum atomic E-state index is 6.08. The topological polar surface area (TPSA) is 109 Å². The number of ether oxygens (including phenoxy) is 3. The average molecular weight is 875 g/mol. The highest BCUT2D eigenvalue weighted by molar-refractivity contribution is 9.10. The summed E-state index contributed by atoms with van der Waals surface area (Å²) in [5, 5.41) is 5.52. The number of fused-ring (bicyclic) bond motifs is 4. The zero-order valence-corrected chi connectivity index (χ0v) is 34.4. The van der Waals surface area contributed by atoms with Gasteiger partial charge in [-0.05, 0) is 83.8 Å². The molecule has 5 aromatic carbocycles. The number of anilines is 2. The molecule has 0 aliphatic heterocycles. The molecule has 0 radical (unpaired) electrons. The Kier molecular flexibility index (Phi) is 12.8. The summed E-state index contributed by atoms with van der Waals surface area (Å²) in [5.41, 5.74) is 15.1. The van der Waals surface area contributed by atoms with Gasteiger partial charge >= 0.3 is 0 Å². The number of pyridine rings is 2. The molecule has 0 spiro atoms. The second kappa shape index (κ2) is 18.4. The van der Waals surface area contributed by atoms with E-state index >= 15 is 0 Å². The number of imidazole rings is 1. The van der Waals surface area contributed by atoms with E-state index in [4.69, 9.17) is 24.9 Å². The summed E-state index contributed by atoms with van der Waals surface area (Å²) in [7, 11) is 3.35. The predicted molar refractivity (Wildman–Crippen MR) is 233 cm³/mol. The zero-order chi connectivity index (χ0) is 38.9. The molecular weight excluding hydrogens is 832 g/mol. The van der Waals surface area contributed by atoms with Crippen molar-refractivity contribution in [1.29, 1.82) is 0 Å². The second-order valence-corrected chi connectivity index (χ2v) is 15.0. The number of methoxy groups -OCH3 is 2. The highest BCUT2D eigenvalue weighted by atomic mass is 79.9. The Bertz CT molecular complexity index is 2550. The number of aryl methyl sites for hydroxylation is 1. The summed E-state index contributed by atoms with van der Waals surface area (Å²) in [5.74, 6) is 2.75. The number of hydrogen-bond acceptors (Lipinski definition) is 8. The van der Waals surface area contributed by atoms with Crippen molar-refractivity contribution in [3.63, 3.8) is 0 Å². The van der Waals surface area contributed by atoms with Crippen LogP contribution in [0.4, 0.5) is 11.4 Å². The summed E-state index contributed by atoms with van der Waals surface area (Å²) in [6, 6.07) is 38.7. The molecule has 0 saturated carbocycles. The molecule has 3 heterocycles. The van der Waals surface area contributed by atoms with Crippen LogP contribution in [0.2, 0.25) is 0 Å². The lowest BCUT2D eigenvalue weighted by molar-refractivity contribution is 0.118. The Labute approximate surface area is 343 Å². The lowest BCUT2D eigenvalue weighted by Gasteiger charge is -2.13. The van der Waals surface area contributed by atoms with Crippen molar-refractivity contribution in [2.75, 3.05) is 31.9 Å². The van der Waals surface area contributed by atoms with Crippen LogP contribution in [-0.4, -0.2) is 40.3 Å². The van der Waals surface area contributed by atoms with Gasteiger partial charge in [-0.15, -0.1) is 0 Å². The Balaban J connectivity index is 0.000000189. The van der Waals surface area contributed by atoms with Crippen molar-refractivity contribution in [3.05, 3.63) is 159 Å². The molecule has 284 valence electrons. The molecule has 0 aliphatic carbocycles. The van der Waals surface area contributed by atoms with E-state index in [0.717, 1.165) is 89.7 Å². The zero-order valence-electron chi connectivity index (χ0n) is 31.2. The normalized spacial score (nSPS) is 11.1. The van der Waals surface area contributed by atoms with Gasteiger partial charge in [-0.3, -0.25) is 9.97 Å². The molecule has 3 aromatic heterocycles. The molecule has 0 fully saturated rings. The standard InChI is InChI=1S/C28H26BrN3O2.C17H16BrN3O/c1-33-23-12-9-20(10-13-23)18-32-27(8-5-15-34-19-21-6-3-2-4-7-21)31-26-17-30-25-16-22(29)11-14-24(25)28(26)32;1-22-13-5-2-11(3-6-13)9-21-17-14-7-4-12(18)8-16(14)20-10-15(17)19/h2-4,6-7,9-14,16-17H,5,8,15,18-19H2,1H3;2-8,10H,9,19H2,1H3,(H,20,21). The Morgan fingerprint density at radius 3 is 1.98 bits per heavy atom. The van der Waals surface area contributed by atoms with Gasteiger partial charge in [-0.2, -0.15) is 0 Å². The molecule has 8 rings (SSSR count). The highest BCUT2D eigenvalue weighted by Crippen LogP contribution is 2.31. The van der Waals surface area contributed by atoms with Crippen LogP contribution in [-0.2, 0) is 30.9 Å². The van der Waals surface area contributed by atoms with Gasteiger partial charge in [0.05, 0.1) is 61.1 Å². The SMILES string of the molecule is COc1ccc(CNc2c(N)cnc3cc(Br)ccc23)cc1.COc1ccc(Cn2c(CCCOCc3ccccc3)nc3cnc4cc(Br)ccc4c32)cc1. The van der Waals surface area contributed by atoms with Crippen LogP contribution in [0.5, 0.6) is 11.5 Å². The van der Waals surface area contributed by atoms with E-state index in [0.29, 0.717) is 25.4 Å². The molecular formula is C45H42Br2N6O3. The molecule has 0 aliphatic rings. The molecule has 0 bridgehead atoms. The molecule has 0 atom stereocenters. The first-order valence-electron chi connectivity index (χ1n) is 18.3. The number of hydrogen-bond donors (Lipinski definition) is 2. The molecule has 56 heavy (non-hydrogen) atoms. The molecule has 8 aromatic rings. The minimum Gasteiger partial charge on any atom is -0.497 e. The van der Waals surface area contributed by atoms with Crippen molar-refractivity contribution < 1.29 is 14.2 Å². The van der Waals surface area contributed by atoms with Crippen molar-refractivity contribution in [2.24, 2.45) is 0 Å². The number of benzene rings is 5. The molecule has 0 unspecified atom stereocenters. The second-order valence-electron chi connectivity index (χ2n) is 13.2. The fourth-order valence-electron chi connectivity index (χ4n) is 6.52. The van der Waals surface area contributed by atoms with Crippen molar-refractivity contribution in [2.45, 2.75) is 32.5 Å². The third kappa shape index (κ3) is 9.47. The summed E-state index contributed by atoms with van der Waals surface area (Å²) in [4.78, 5) is 14.0. The Hall–Kier alpha value is -5.49. The average Bonchev–Trinajstić information content (AvgIpc) is 3.58. The van der Waals surface area contributed by atoms with Gasteiger partial charge in [-0.25, -0.2) is 4.98 Å².